The third-order valence-electron chi connectivity index (χ3n) is 3.47. The zero-order valence-corrected chi connectivity index (χ0v) is 19.2. The monoisotopic (exact) mass is 547 g/mol. The van der Waals surface area contributed by atoms with Gasteiger partial charge >= 0.3 is 0 Å². The van der Waals surface area contributed by atoms with Crippen molar-refractivity contribution in [3.63, 3.8) is 0 Å². The summed E-state index contributed by atoms with van der Waals surface area (Å²) >= 11 is 47.7. The van der Waals surface area contributed by atoms with Gasteiger partial charge in [0.15, 0.2) is 0 Å². The summed E-state index contributed by atoms with van der Waals surface area (Å²) in [7, 11) is 0. The predicted molar refractivity (Wildman–Crippen MR) is 118 cm³/mol. The van der Waals surface area contributed by atoms with Crippen LogP contribution in [0.4, 0.5) is 0 Å². The van der Waals surface area contributed by atoms with Crippen molar-refractivity contribution in [3.8, 4) is 22.4 Å². The molecule has 2 aromatic carbocycles. The first-order valence-electron chi connectivity index (χ1n) is 6.84. The van der Waals surface area contributed by atoms with Crippen molar-refractivity contribution in [1.82, 2.24) is 4.98 Å². The molecule has 0 bridgehead atoms. The van der Waals surface area contributed by atoms with E-state index in [1.54, 1.807) is 24.3 Å². The Balaban J connectivity index is 2.37. The van der Waals surface area contributed by atoms with Gasteiger partial charge in [0.1, 0.15) is 0 Å². The second kappa shape index (κ2) is 8.23. The number of nitrogens with zero attached hydrogens (tertiary/aromatic N) is 1. The summed E-state index contributed by atoms with van der Waals surface area (Å²) in [6, 6.07) is 6.47. The number of halogens is 8. The van der Waals surface area contributed by atoms with Gasteiger partial charge in [-0.25, -0.2) is 0 Å². The van der Waals surface area contributed by atoms with E-state index in [-0.39, 0.29) is 10.0 Å². The first-order chi connectivity index (χ1) is 12.2. The summed E-state index contributed by atoms with van der Waals surface area (Å²) in [5.41, 5.74) is 1.69. The topological polar surface area (TPSA) is 12.9 Å². The maximum absolute atomic E-state index is 6.65. The third-order valence-corrected chi connectivity index (χ3v) is 5.99. The van der Waals surface area contributed by atoms with Gasteiger partial charge in [0.25, 0.3) is 0 Å². The molecule has 3 rings (SSSR count). The Hall–Kier alpha value is 0.1000. The van der Waals surface area contributed by atoms with Crippen molar-refractivity contribution in [3.05, 3.63) is 70.1 Å². The van der Waals surface area contributed by atoms with E-state index in [0.717, 1.165) is 4.47 Å². The highest BCUT2D eigenvalue weighted by molar-refractivity contribution is 9.10. The molecule has 9 heteroatoms. The molecule has 0 fully saturated rings. The van der Waals surface area contributed by atoms with E-state index in [4.69, 9.17) is 81.2 Å². The van der Waals surface area contributed by atoms with Crippen LogP contribution in [0.3, 0.4) is 0 Å². The Morgan fingerprint density at radius 2 is 1.15 bits per heavy atom. The lowest BCUT2D eigenvalue weighted by Gasteiger charge is -2.17. The zero-order chi connectivity index (χ0) is 19.2. The van der Waals surface area contributed by atoms with Crippen LogP contribution in [0.25, 0.3) is 22.4 Å². The van der Waals surface area contributed by atoms with Gasteiger partial charge < -0.3 is 0 Å². The van der Waals surface area contributed by atoms with Crippen LogP contribution in [0.5, 0.6) is 0 Å². The summed E-state index contributed by atoms with van der Waals surface area (Å²) in [5, 5.41) is 2.23. The molecular formula is C17H5BrCl7N. The molecule has 0 aliphatic heterocycles. The summed E-state index contributed by atoms with van der Waals surface area (Å²) in [5.74, 6) is 0. The summed E-state index contributed by atoms with van der Waals surface area (Å²) < 4.78 is 0.722. The number of hydrogen-bond donors (Lipinski definition) is 0. The minimum Gasteiger partial charge on any atom is -0.253 e. The molecule has 0 saturated carbocycles. The average molecular weight is 551 g/mol. The second-order valence-electron chi connectivity index (χ2n) is 5.13. The van der Waals surface area contributed by atoms with Crippen LogP contribution in [-0.2, 0) is 0 Å². The van der Waals surface area contributed by atoms with E-state index < -0.39 is 0 Å². The average Bonchev–Trinajstić information content (AvgIpc) is 2.51. The van der Waals surface area contributed by atoms with E-state index in [9.17, 15) is 0 Å². The predicted octanol–water partition coefficient (Wildman–Crippen LogP) is 9.75. The summed E-state index contributed by atoms with van der Waals surface area (Å²) in [6.45, 7) is 0. The van der Waals surface area contributed by atoms with Gasteiger partial charge in [-0.05, 0) is 24.3 Å². The van der Waals surface area contributed by atoms with Crippen molar-refractivity contribution in [1.29, 1.82) is 0 Å². The fourth-order valence-corrected chi connectivity index (χ4v) is 5.42. The Bertz CT molecular complexity index is 1010. The fraction of sp³-hybridized carbons (Fsp3) is 0. The van der Waals surface area contributed by atoms with E-state index >= 15 is 0 Å². The van der Waals surface area contributed by atoms with Gasteiger partial charge in [0.2, 0.25) is 0 Å². The Morgan fingerprint density at radius 3 is 1.73 bits per heavy atom. The van der Waals surface area contributed by atoms with E-state index in [2.05, 4.69) is 20.9 Å². The van der Waals surface area contributed by atoms with Gasteiger partial charge in [0, 0.05) is 27.4 Å². The van der Waals surface area contributed by atoms with E-state index in [0.29, 0.717) is 47.5 Å². The van der Waals surface area contributed by atoms with Crippen molar-refractivity contribution in [2.75, 3.05) is 0 Å². The molecule has 3 aromatic rings. The number of aromatic nitrogens is 1. The number of rotatable bonds is 2. The highest BCUT2D eigenvalue weighted by Crippen LogP contribution is 2.50. The lowest BCUT2D eigenvalue weighted by molar-refractivity contribution is 1.33. The molecule has 0 spiro atoms. The van der Waals surface area contributed by atoms with Gasteiger partial charge in [-0.1, -0.05) is 97.1 Å². The van der Waals surface area contributed by atoms with Gasteiger partial charge in [-0.2, -0.15) is 0 Å². The molecule has 0 saturated heterocycles. The smallest absolute Gasteiger partial charge is 0.0919 e. The number of benzene rings is 2. The van der Waals surface area contributed by atoms with Crippen molar-refractivity contribution >= 4 is 97.1 Å². The largest absolute Gasteiger partial charge is 0.253 e. The van der Waals surface area contributed by atoms with Crippen LogP contribution >= 0.6 is 97.1 Å². The Kier molecular flexibility index (Phi) is 6.59. The third kappa shape index (κ3) is 3.94. The molecular weight excluding hydrogens is 546 g/mol. The lowest BCUT2D eigenvalue weighted by Crippen LogP contribution is -1.93. The van der Waals surface area contributed by atoms with Crippen LogP contribution in [-0.4, -0.2) is 4.98 Å². The second-order valence-corrected chi connectivity index (χ2v) is 8.90. The van der Waals surface area contributed by atoms with E-state index in [1.807, 2.05) is 0 Å². The molecule has 134 valence electrons. The normalized spacial score (nSPS) is 11.1. The summed E-state index contributed by atoms with van der Waals surface area (Å²) in [6.07, 6.45) is 1.45. The molecule has 0 unspecified atom stereocenters. The van der Waals surface area contributed by atoms with Gasteiger partial charge in [-0.3, -0.25) is 4.98 Å². The molecule has 0 aliphatic rings. The first-order valence-corrected chi connectivity index (χ1v) is 10.3. The van der Waals surface area contributed by atoms with E-state index in [1.165, 1.54) is 6.20 Å². The standard InChI is InChI=1S/C17H5BrCl7N/c18-6-1-8(20)13(9(21)2-6)14-10(22)4-11(23)15(16(14)25)17-12(24)3-7(19)5-26-17/h1-5H. The highest BCUT2D eigenvalue weighted by Gasteiger charge is 2.23. The maximum Gasteiger partial charge on any atom is 0.0919 e. The first kappa shape index (κ1) is 20.8. The maximum atomic E-state index is 6.65. The Labute approximate surface area is 193 Å². The van der Waals surface area contributed by atoms with Crippen molar-refractivity contribution < 1.29 is 0 Å². The lowest BCUT2D eigenvalue weighted by atomic mass is 10.0. The van der Waals surface area contributed by atoms with Gasteiger partial charge in [-0.15, -0.1) is 0 Å². The highest BCUT2D eigenvalue weighted by atomic mass is 79.9. The van der Waals surface area contributed by atoms with Gasteiger partial charge in [0.05, 0.1) is 40.9 Å². The molecule has 1 aromatic heterocycles. The molecule has 0 N–H and O–H groups in total. The van der Waals surface area contributed by atoms with Crippen LogP contribution in [0, 0.1) is 0 Å². The number of hydrogen-bond acceptors (Lipinski definition) is 1. The molecule has 1 nitrogen and oxygen atoms in total. The van der Waals surface area contributed by atoms with Crippen molar-refractivity contribution in [2.45, 2.75) is 0 Å². The molecule has 26 heavy (non-hydrogen) atoms. The van der Waals surface area contributed by atoms with Crippen LogP contribution < -0.4 is 0 Å². The molecule has 0 radical (unpaired) electrons. The summed E-state index contributed by atoms with van der Waals surface area (Å²) in [4.78, 5) is 4.24. The van der Waals surface area contributed by atoms with Crippen LogP contribution in [0.1, 0.15) is 0 Å². The van der Waals surface area contributed by atoms with Crippen LogP contribution in [0.2, 0.25) is 35.2 Å². The minimum atomic E-state index is 0.227. The fourth-order valence-electron chi connectivity index (χ4n) is 2.42. The minimum absolute atomic E-state index is 0.227. The Morgan fingerprint density at radius 1 is 0.615 bits per heavy atom. The molecule has 0 atom stereocenters. The SMILES string of the molecule is Clc1cnc(-c2c(Cl)cc(Cl)c(-c3c(Cl)cc(Br)cc3Cl)c2Cl)c(Cl)c1. The van der Waals surface area contributed by atoms with Crippen molar-refractivity contribution in [2.24, 2.45) is 0 Å². The molecule has 0 amide bonds. The van der Waals surface area contributed by atoms with Crippen LogP contribution in [0.15, 0.2) is 34.9 Å². The molecule has 1 heterocycles. The zero-order valence-electron chi connectivity index (χ0n) is 12.4. The quantitative estimate of drug-likeness (QED) is 0.309. The molecule has 0 aliphatic carbocycles. The number of pyridine rings is 1.